The van der Waals surface area contributed by atoms with Gasteiger partial charge in [-0.25, -0.2) is 4.39 Å². The van der Waals surface area contributed by atoms with E-state index in [-0.39, 0.29) is 15.8 Å². The van der Waals surface area contributed by atoms with Crippen molar-refractivity contribution in [1.82, 2.24) is 4.98 Å². The van der Waals surface area contributed by atoms with Crippen LogP contribution in [0.2, 0.25) is 10.0 Å². The molecule has 2 rings (SSSR count). The topological polar surface area (TPSA) is 45.1 Å². The average molecular weight is 287 g/mol. The van der Waals surface area contributed by atoms with Crippen molar-refractivity contribution in [1.29, 1.82) is 0 Å². The van der Waals surface area contributed by atoms with E-state index in [1.54, 1.807) is 6.07 Å². The molecule has 1 aromatic heterocycles. The van der Waals surface area contributed by atoms with Gasteiger partial charge >= 0.3 is 0 Å². The highest BCUT2D eigenvalue weighted by Gasteiger charge is 2.08. The summed E-state index contributed by atoms with van der Waals surface area (Å²) in [6, 6.07) is 5.55. The molecule has 0 amide bonds. The molecule has 0 aliphatic carbocycles. The largest absolute Gasteiger partial charge is 0.506 e. The van der Waals surface area contributed by atoms with E-state index in [1.165, 1.54) is 24.4 Å². The van der Waals surface area contributed by atoms with Crippen molar-refractivity contribution >= 4 is 28.9 Å². The van der Waals surface area contributed by atoms with Crippen molar-refractivity contribution in [3.8, 4) is 5.75 Å². The summed E-state index contributed by atoms with van der Waals surface area (Å²) in [5.74, 6) is -0.394. The van der Waals surface area contributed by atoms with E-state index < -0.39 is 5.82 Å². The maximum atomic E-state index is 13.0. The van der Waals surface area contributed by atoms with Crippen LogP contribution in [-0.2, 0) is 6.54 Å². The van der Waals surface area contributed by atoms with Gasteiger partial charge in [0.15, 0.2) is 0 Å². The van der Waals surface area contributed by atoms with Crippen LogP contribution in [0.3, 0.4) is 0 Å². The fourth-order valence-corrected chi connectivity index (χ4v) is 2.01. The molecule has 0 radical (unpaired) electrons. The number of hydrogen-bond donors (Lipinski definition) is 2. The van der Waals surface area contributed by atoms with E-state index in [9.17, 15) is 4.39 Å². The Morgan fingerprint density at radius 1 is 1.22 bits per heavy atom. The SMILES string of the molecule is Oc1ccc(CNc2c(Cl)cc(F)cc2Cl)nc1. The molecule has 1 heterocycles. The number of anilines is 1. The molecule has 0 unspecified atom stereocenters. The van der Waals surface area contributed by atoms with Crippen LogP contribution >= 0.6 is 23.2 Å². The Morgan fingerprint density at radius 2 is 1.89 bits per heavy atom. The van der Waals surface area contributed by atoms with Gasteiger partial charge < -0.3 is 10.4 Å². The van der Waals surface area contributed by atoms with Gasteiger partial charge in [0.1, 0.15) is 11.6 Å². The Morgan fingerprint density at radius 3 is 2.44 bits per heavy atom. The zero-order chi connectivity index (χ0) is 13.1. The lowest BCUT2D eigenvalue weighted by Crippen LogP contribution is -2.02. The lowest BCUT2D eigenvalue weighted by molar-refractivity contribution is 0.472. The second-order valence-corrected chi connectivity index (χ2v) is 4.42. The molecule has 0 saturated heterocycles. The van der Waals surface area contributed by atoms with Crippen molar-refractivity contribution in [3.05, 3.63) is 52.0 Å². The number of nitrogens with one attached hydrogen (secondary N) is 1. The first-order valence-electron chi connectivity index (χ1n) is 5.08. The zero-order valence-corrected chi connectivity index (χ0v) is 10.6. The van der Waals surface area contributed by atoms with Gasteiger partial charge in [0.2, 0.25) is 0 Å². The number of benzene rings is 1. The molecule has 18 heavy (non-hydrogen) atoms. The Bertz CT molecular complexity index is 537. The summed E-state index contributed by atoms with van der Waals surface area (Å²) in [7, 11) is 0. The number of rotatable bonds is 3. The minimum absolute atomic E-state index is 0.0941. The fourth-order valence-electron chi connectivity index (χ4n) is 1.41. The van der Waals surface area contributed by atoms with E-state index in [1.807, 2.05) is 0 Å². The molecule has 0 spiro atoms. The van der Waals surface area contributed by atoms with Crippen molar-refractivity contribution in [2.24, 2.45) is 0 Å². The van der Waals surface area contributed by atoms with Gasteiger partial charge in [0, 0.05) is 0 Å². The van der Waals surface area contributed by atoms with E-state index >= 15 is 0 Å². The molecule has 0 bridgehead atoms. The Balaban J connectivity index is 2.13. The molecule has 0 fully saturated rings. The molecular formula is C12H9Cl2FN2O. The minimum atomic E-state index is -0.488. The van der Waals surface area contributed by atoms with Crippen LogP contribution in [0, 0.1) is 5.82 Å². The smallest absolute Gasteiger partial charge is 0.133 e. The highest BCUT2D eigenvalue weighted by molar-refractivity contribution is 6.39. The van der Waals surface area contributed by atoms with E-state index in [0.717, 1.165) is 0 Å². The van der Waals surface area contributed by atoms with Crippen molar-refractivity contribution in [2.75, 3.05) is 5.32 Å². The first-order valence-corrected chi connectivity index (χ1v) is 5.84. The zero-order valence-electron chi connectivity index (χ0n) is 9.12. The van der Waals surface area contributed by atoms with E-state index in [2.05, 4.69) is 10.3 Å². The summed E-state index contributed by atoms with van der Waals surface area (Å²) in [6.45, 7) is 0.366. The highest BCUT2D eigenvalue weighted by Crippen LogP contribution is 2.31. The third-order valence-corrected chi connectivity index (χ3v) is 2.86. The monoisotopic (exact) mass is 286 g/mol. The first-order chi connectivity index (χ1) is 8.56. The predicted molar refractivity (Wildman–Crippen MR) is 69.6 cm³/mol. The second-order valence-electron chi connectivity index (χ2n) is 3.61. The maximum Gasteiger partial charge on any atom is 0.133 e. The molecule has 1 aromatic carbocycles. The lowest BCUT2D eigenvalue weighted by atomic mass is 10.3. The Labute approximate surface area is 113 Å². The summed E-state index contributed by atoms with van der Waals surface area (Å²) >= 11 is 11.8. The summed E-state index contributed by atoms with van der Waals surface area (Å²) in [4.78, 5) is 4.00. The number of aromatic nitrogens is 1. The van der Waals surface area contributed by atoms with Gasteiger partial charge in [-0.1, -0.05) is 23.2 Å². The lowest BCUT2D eigenvalue weighted by Gasteiger charge is -2.10. The van der Waals surface area contributed by atoms with Gasteiger partial charge in [-0.3, -0.25) is 4.98 Å². The summed E-state index contributed by atoms with van der Waals surface area (Å²) in [6.07, 6.45) is 1.34. The third kappa shape index (κ3) is 3.03. The highest BCUT2D eigenvalue weighted by atomic mass is 35.5. The molecule has 3 nitrogen and oxygen atoms in total. The number of halogens is 3. The molecule has 0 aliphatic heterocycles. The van der Waals surface area contributed by atoms with E-state index in [0.29, 0.717) is 17.9 Å². The first kappa shape index (κ1) is 12.9. The van der Waals surface area contributed by atoms with Crippen LogP contribution < -0.4 is 5.32 Å². The molecule has 0 saturated carbocycles. The normalized spacial score (nSPS) is 10.4. The molecule has 0 atom stereocenters. The van der Waals surface area contributed by atoms with Gasteiger partial charge in [0.25, 0.3) is 0 Å². The van der Waals surface area contributed by atoms with Crippen molar-refractivity contribution in [2.45, 2.75) is 6.54 Å². The maximum absolute atomic E-state index is 13.0. The second kappa shape index (κ2) is 5.42. The quantitative estimate of drug-likeness (QED) is 0.901. The predicted octanol–water partition coefficient (Wildman–Crippen LogP) is 3.85. The minimum Gasteiger partial charge on any atom is -0.506 e. The van der Waals surface area contributed by atoms with Crippen molar-refractivity contribution in [3.63, 3.8) is 0 Å². The summed E-state index contributed by atoms with van der Waals surface area (Å²) < 4.78 is 13.0. The van der Waals surface area contributed by atoms with Crippen LogP contribution in [0.5, 0.6) is 5.75 Å². The number of pyridine rings is 1. The van der Waals surface area contributed by atoms with Gasteiger partial charge in [-0.15, -0.1) is 0 Å². The molecule has 94 valence electrons. The number of hydrogen-bond acceptors (Lipinski definition) is 3. The Hall–Kier alpha value is -1.52. The number of aromatic hydroxyl groups is 1. The average Bonchev–Trinajstić information content (AvgIpc) is 2.30. The van der Waals surface area contributed by atoms with Crippen LogP contribution in [0.1, 0.15) is 5.69 Å². The van der Waals surface area contributed by atoms with Crippen LogP contribution in [0.4, 0.5) is 10.1 Å². The summed E-state index contributed by atoms with van der Waals surface area (Å²) in [5.41, 5.74) is 1.15. The fraction of sp³-hybridized carbons (Fsp3) is 0.0833. The summed E-state index contributed by atoms with van der Waals surface area (Å²) in [5, 5.41) is 12.5. The van der Waals surface area contributed by atoms with Gasteiger partial charge in [-0.05, 0) is 24.3 Å². The van der Waals surface area contributed by atoms with Crippen LogP contribution in [0.15, 0.2) is 30.5 Å². The molecular weight excluding hydrogens is 278 g/mol. The van der Waals surface area contributed by atoms with E-state index in [4.69, 9.17) is 28.3 Å². The van der Waals surface area contributed by atoms with Crippen LogP contribution in [0.25, 0.3) is 0 Å². The molecule has 2 aromatic rings. The van der Waals surface area contributed by atoms with Gasteiger partial charge in [0.05, 0.1) is 34.2 Å². The molecule has 2 N–H and O–H groups in total. The van der Waals surface area contributed by atoms with Gasteiger partial charge in [-0.2, -0.15) is 0 Å². The molecule has 6 heteroatoms. The molecule has 0 aliphatic rings. The standard InChI is InChI=1S/C12H9Cl2FN2O/c13-10-3-7(15)4-11(14)12(10)17-5-8-1-2-9(18)6-16-8/h1-4,6,17-18H,5H2. The third-order valence-electron chi connectivity index (χ3n) is 2.26. The number of nitrogens with zero attached hydrogens (tertiary/aromatic N) is 1. The van der Waals surface area contributed by atoms with Crippen molar-refractivity contribution < 1.29 is 9.50 Å². The van der Waals surface area contributed by atoms with Crippen LogP contribution in [-0.4, -0.2) is 10.1 Å². The Kier molecular flexibility index (Phi) is 3.89.